The molecule has 1 amide bonds. The van der Waals surface area contributed by atoms with Crippen molar-refractivity contribution < 1.29 is 31.4 Å². The van der Waals surface area contributed by atoms with Crippen molar-refractivity contribution in [3.05, 3.63) is 63.7 Å². The predicted molar refractivity (Wildman–Crippen MR) is 96.8 cm³/mol. The number of carbonyl (C=O) groups is 2. The fourth-order valence-electron chi connectivity index (χ4n) is 2.73. The molecule has 2 aliphatic carbocycles. The molecule has 0 aromatic carbocycles. The van der Waals surface area contributed by atoms with Gasteiger partial charge in [-0.25, -0.2) is 4.79 Å². The Morgan fingerprint density at radius 3 is 2.04 bits per heavy atom. The van der Waals surface area contributed by atoms with Crippen molar-refractivity contribution in [3.63, 3.8) is 0 Å². The van der Waals surface area contributed by atoms with Crippen molar-refractivity contribution in [3.8, 4) is 6.07 Å². The van der Waals surface area contributed by atoms with Crippen LogP contribution in [0, 0.1) is 80.5 Å². The first kappa shape index (κ1) is 24.0. The van der Waals surface area contributed by atoms with Gasteiger partial charge in [0.2, 0.25) is 5.91 Å². The largest absolute Gasteiger partial charge is 2.00 e. The summed E-state index contributed by atoms with van der Waals surface area (Å²) in [5, 5.41) is 9.03. The monoisotopic (exact) mass is 408 g/mol. The Morgan fingerprint density at radius 1 is 1.15 bits per heavy atom. The summed E-state index contributed by atoms with van der Waals surface area (Å²) >= 11 is 0. The van der Waals surface area contributed by atoms with Gasteiger partial charge in [-0.05, 0) is 64.7 Å². The number of carbonyl (C=O) groups excluding carboxylic acids is 2. The van der Waals surface area contributed by atoms with Gasteiger partial charge in [0, 0.05) is 11.3 Å². The Kier molecular flexibility index (Phi) is 8.83. The van der Waals surface area contributed by atoms with E-state index in [1.807, 2.05) is 51.0 Å². The van der Waals surface area contributed by atoms with Crippen molar-refractivity contribution in [2.24, 2.45) is 5.41 Å². The summed E-state index contributed by atoms with van der Waals surface area (Å²) in [4.78, 5) is 26.5. The minimum atomic E-state index is -1.25. The molecule has 0 spiro atoms. The van der Waals surface area contributed by atoms with Crippen molar-refractivity contribution in [1.82, 2.24) is 4.90 Å². The van der Waals surface area contributed by atoms with Gasteiger partial charge < -0.3 is 4.74 Å². The van der Waals surface area contributed by atoms with E-state index in [0.717, 1.165) is 5.92 Å². The molecule has 0 N–H and O–H groups in total. The van der Waals surface area contributed by atoms with E-state index in [2.05, 4.69) is 0 Å². The van der Waals surface area contributed by atoms with Gasteiger partial charge in [-0.1, -0.05) is 20.8 Å². The molecule has 3 rings (SSSR count). The quantitative estimate of drug-likeness (QED) is 0.521. The van der Waals surface area contributed by atoms with Gasteiger partial charge in [-0.3, -0.25) is 9.69 Å². The third-order valence-electron chi connectivity index (χ3n) is 4.24. The van der Waals surface area contributed by atoms with E-state index in [0.29, 0.717) is 0 Å². The van der Waals surface area contributed by atoms with Crippen LogP contribution in [-0.2, 0) is 31.4 Å². The molecule has 6 heteroatoms. The van der Waals surface area contributed by atoms with Crippen LogP contribution < -0.4 is 0 Å². The van der Waals surface area contributed by atoms with E-state index in [-0.39, 0.29) is 29.4 Å². The maximum absolute atomic E-state index is 12.8. The smallest absolute Gasteiger partial charge is 0.439 e. The average Bonchev–Trinajstić information content (AvgIpc) is 3.30. The fraction of sp³-hybridized carbons (Fsp3) is 0.381. The van der Waals surface area contributed by atoms with Crippen LogP contribution in [-0.4, -0.2) is 28.5 Å². The van der Waals surface area contributed by atoms with Crippen molar-refractivity contribution >= 4 is 11.9 Å². The summed E-state index contributed by atoms with van der Waals surface area (Å²) < 4.78 is 5.42. The molecule has 0 aromatic heterocycles. The van der Waals surface area contributed by atoms with Gasteiger partial charge in [0.15, 0.2) is 11.8 Å². The molecule has 5 nitrogen and oxygen atoms in total. The van der Waals surface area contributed by atoms with Gasteiger partial charge in [0.1, 0.15) is 0 Å². The van der Waals surface area contributed by atoms with E-state index in [1.54, 1.807) is 40.5 Å². The minimum absolute atomic E-state index is 0. The molecule has 1 aliphatic heterocycles. The molecule has 2 atom stereocenters. The molecule has 1 saturated heterocycles. The van der Waals surface area contributed by atoms with Crippen molar-refractivity contribution in [1.29, 1.82) is 5.26 Å². The number of rotatable bonds is 2. The van der Waals surface area contributed by atoms with E-state index in [9.17, 15) is 9.59 Å². The Balaban J connectivity index is 0.000000526. The third kappa shape index (κ3) is 5.48. The second kappa shape index (κ2) is 9.94. The van der Waals surface area contributed by atoms with E-state index < -0.39 is 23.2 Å². The molecule has 142 valence electrons. The van der Waals surface area contributed by atoms with Crippen LogP contribution in [0.1, 0.15) is 34.1 Å². The van der Waals surface area contributed by atoms with Crippen LogP contribution in [0.2, 0.25) is 0 Å². The number of cyclic esters (lactones) is 1. The van der Waals surface area contributed by atoms with Crippen LogP contribution in [0.4, 0.5) is 0 Å². The zero-order valence-corrected chi connectivity index (χ0v) is 17.1. The average molecular weight is 408 g/mol. The van der Waals surface area contributed by atoms with Gasteiger partial charge in [0.05, 0.1) is 12.5 Å². The number of ether oxygens (including phenoxy) is 1. The van der Waals surface area contributed by atoms with E-state index in [1.165, 1.54) is 4.90 Å². The number of nitrogens with zero attached hydrogens (tertiary/aromatic N) is 2. The summed E-state index contributed by atoms with van der Waals surface area (Å²) in [6.45, 7) is 6.94. The standard InChI is InChI=1S/C16H19N2O3.C5H5.Fe/c1-15(2,3)13(19)18-12(11-7-5-6-8-11)21-14(20)16(18,4)9-10-17;1-2-4-5-3-1;/h5-8,12H,9H2,1-4H3;1-5H;/q;;+2/t12-,16+;;/m0../s1. The molecule has 0 unspecified atom stereocenters. The predicted octanol–water partition coefficient (Wildman–Crippen LogP) is 2.84. The second-order valence-corrected chi connectivity index (χ2v) is 7.47. The number of nitriles is 1. The maximum Gasteiger partial charge on any atom is 2.00 e. The maximum atomic E-state index is 12.8. The van der Waals surface area contributed by atoms with Crippen molar-refractivity contribution in [2.45, 2.75) is 45.9 Å². The van der Waals surface area contributed by atoms with Gasteiger partial charge in [0.25, 0.3) is 0 Å². The minimum Gasteiger partial charge on any atom is -0.439 e. The van der Waals surface area contributed by atoms with Crippen LogP contribution in [0.25, 0.3) is 0 Å². The number of hydrogen-bond donors (Lipinski definition) is 0. The number of hydrogen-bond acceptors (Lipinski definition) is 4. The van der Waals surface area contributed by atoms with Gasteiger partial charge in [-0.15, -0.1) is 0 Å². The van der Waals surface area contributed by atoms with E-state index in [4.69, 9.17) is 10.00 Å². The number of amides is 1. The molecular weight excluding hydrogens is 384 g/mol. The van der Waals surface area contributed by atoms with Gasteiger partial charge in [-0.2, -0.15) is 5.26 Å². The zero-order chi connectivity index (χ0) is 19.4. The molecule has 27 heavy (non-hydrogen) atoms. The SMILES string of the molecule is CC(C)(C)C(=O)N1[C@H]([C]2[CH][CH][CH][CH]2)OC(=O)[C@@]1(C)CC#N.[CH]1[CH][CH][CH][CH]1.[Fe+2]. The van der Waals surface area contributed by atoms with Crippen LogP contribution in [0.5, 0.6) is 0 Å². The molecule has 1 heterocycles. The normalized spacial score (nSPS) is 28.0. The molecule has 2 saturated carbocycles. The van der Waals surface area contributed by atoms with E-state index >= 15 is 0 Å². The first-order valence-corrected chi connectivity index (χ1v) is 8.52. The van der Waals surface area contributed by atoms with Crippen LogP contribution in [0.3, 0.4) is 0 Å². The Morgan fingerprint density at radius 2 is 1.63 bits per heavy atom. The first-order chi connectivity index (χ1) is 12.2. The van der Waals surface area contributed by atoms with Gasteiger partial charge >= 0.3 is 23.0 Å². The molecule has 0 bridgehead atoms. The summed E-state index contributed by atoms with van der Waals surface area (Å²) in [5.74, 6) is -0.00670. The Labute approximate surface area is 174 Å². The molecule has 3 fully saturated rings. The molecular formula is C21H24FeN2O3+2. The molecule has 0 aromatic rings. The first-order valence-electron chi connectivity index (χ1n) is 8.52. The van der Waals surface area contributed by atoms with Crippen molar-refractivity contribution in [2.75, 3.05) is 0 Å². The molecule has 3 aliphatic rings. The fourth-order valence-corrected chi connectivity index (χ4v) is 2.73. The second-order valence-electron chi connectivity index (χ2n) is 7.47. The Bertz CT molecular complexity index is 549. The topological polar surface area (TPSA) is 70.4 Å². The summed E-state index contributed by atoms with van der Waals surface area (Å²) in [7, 11) is 0. The number of esters is 1. The summed E-state index contributed by atoms with van der Waals surface area (Å²) in [5.41, 5.74) is -1.92. The molecule has 10 radical (unpaired) electrons. The zero-order valence-electron chi connectivity index (χ0n) is 16.0. The third-order valence-corrected chi connectivity index (χ3v) is 4.24. The summed E-state index contributed by atoms with van der Waals surface area (Å²) in [6, 6.07) is 1.99. The van der Waals surface area contributed by atoms with Crippen LogP contribution in [0.15, 0.2) is 0 Å². The summed E-state index contributed by atoms with van der Waals surface area (Å²) in [6.07, 6.45) is 16.4. The Hall–Kier alpha value is -1.05. The van der Waals surface area contributed by atoms with Crippen LogP contribution >= 0.6 is 0 Å².